The Morgan fingerprint density at radius 3 is 2.44 bits per heavy atom. The molecule has 0 radical (unpaired) electrons. The molecule has 1 N–H and O–H groups in total. The molecule has 3 rings (SSSR count). The summed E-state index contributed by atoms with van der Waals surface area (Å²) in [6.45, 7) is 10.7. The number of pyridine rings is 1. The first-order valence-corrected chi connectivity index (χ1v) is 9.14. The Hall–Kier alpha value is -2.69. The molecule has 3 aromatic rings. The van der Waals surface area contributed by atoms with Crippen LogP contribution >= 0.6 is 0 Å². The van der Waals surface area contributed by atoms with E-state index in [1.807, 2.05) is 46.9 Å². The fourth-order valence-electron chi connectivity index (χ4n) is 3.17. The van der Waals surface area contributed by atoms with Gasteiger partial charge in [0.2, 0.25) is 5.91 Å². The molecule has 0 unspecified atom stereocenters. The van der Waals surface area contributed by atoms with Gasteiger partial charge < -0.3 is 9.88 Å². The van der Waals surface area contributed by atoms with E-state index in [9.17, 15) is 9.18 Å². The molecule has 0 aliphatic carbocycles. The van der Waals surface area contributed by atoms with E-state index in [4.69, 9.17) is 4.98 Å². The van der Waals surface area contributed by atoms with Gasteiger partial charge in [-0.15, -0.1) is 0 Å². The lowest BCUT2D eigenvalue weighted by atomic mass is 9.92. The second-order valence-electron chi connectivity index (χ2n) is 8.37. The zero-order valence-electron chi connectivity index (χ0n) is 16.6. The molecule has 1 aromatic carbocycles. The Morgan fingerprint density at radius 1 is 1.15 bits per heavy atom. The molecule has 142 valence electrons. The Morgan fingerprint density at radius 2 is 1.81 bits per heavy atom. The average Bonchev–Trinajstić information content (AvgIpc) is 2.84. The van der Waals surface area contributed by atoms with Crippen molar-refractivity contribution in [2.75, 3.05) is 5.32 Å². The highest BCUT2D eigenvalue weighted by atomic mass is 19.1. The third-order valence-corrected chi connectivity index (χ3v) is 4.44. The summed E-state index contributed by atoms with van der Waals surface area (Å²) in [5.41, 5.74) is 4.78. The summed E-state index contributed by atoms with van der Waals surface area (Å²) in [5, 5.41) is 2.95. The van der Waals surface area contributed by atoms with Gasteiger partial charge in [0.25, 0.3) is 0 Å². The first-order valence-electron chi connectivity index (χ1n) is 9.14. The van der Waals surface area contributed by atoms with Crippen LogP contribution in [0.15, 0.2) is 36.5 Å². The smallest absolute Gasteiger partial charge is 0.226 e. The van der Waals surface area contributed by atoms with Crippen LogP contribution < -0.4 is 5.32 Å². The zero-order chi connectivity index (χ0) is 19.8. The molecule has 0 atom stereocenters. The minimum atomic E-state index is -0.236. The number of fused-ring (bicyclic) bond motifs is 1. The molecule has 2 aromatic heterocycles. The average molecular weight is 367 g/mol. The first-order chi connectivity index (χ1) is 12.6. The predicted molar refractivity (Wildman–Crippen MR) is 107 cm³/mol. The minimum Gasteiger partial charge on any atom is -0.341 e. The maximum atomic E-state index is 13.1. The lowest BCUT2D eigenvalue weighted by Crippen LogP contribution is -2.20. The third-order valence-electron chi connectivity index (χ3n) is 4.44. The third kappa shape index (κ3) is 4.54. The number of hydrogen-bond acceptors (Lipinski definition) is 2. The van der Waals surface area contributed by atoms with Crippen LogP contribution in [0.25, 0.3) is 11.0 Å². The van der Waals surface area contributed by atoms with E-state index in [1.54, 1.807) is 12.1 Å². The van der Waals surface area contributed by atoms with Crippen LogP contribution in [-0.4, -0.2) is 15.5 Å². The van der Waals surface area contributed by atoms with Crippen molar-refractivity contribution in [3.63, 3.8) is 0 Å². The van der Waals surface area contributed by atoms with E-state index < -0.39 is 0 Å². The van der Waals surface area contributed by atoms with Gasteiger partial charge in [-0.3, -0.25) is 4.79 Å². The molecular weight excluding hydrogens is 341 g/mol. The number of aromatic nitrogens is 2. The van der Waals surface area contributed by atoms with Crippen LogP contribution in [-0.2, 0) is 11.3 Å². The quantitative estimate of drug-likeness (QED) is 0.687. The van der Waals surface area contributed by atoms with E-state index in [-0.39, 0.29) is 17.1 Å². The lowest BCUT2D eigenvalue weighted by molar-refractivity contribution is -0.117. The first kappa shape index (κ1) is 19.1. The van der Waals surface area contributed by atoms with E-state index in [0.29, 0.717) is 18.8 Å². The Bertz CT molecular complexity index is 981. The molecule has 0 saturated heterocycles. The number of carbonyl (C=O) groups excluding carboxylic acids is 1. The highest BCUT2D eigenvalue weighted by Gasteiger charge is 2.18. The van der Waals surface area contributed by atoms with Crippen molar-refractivity contribution in [1.29, 1.82) is 0 Å². The molecule has 0 bridgehead atoms. The molecule has 0 spiro atoms. The SMILES string of the molecule is Cc1cc2c(nc1NC(=O)CC(C)(C)C)c(C)cn2Cc1ccc(F)cc1. The predicted octanol–water partition coefficient (Wildman–Crippen LogP) is 5.22. The summed E-state index contributed by atoms with van der Waals surface area (Å²) in [4.78, 5) is 17.0. The highest BCUT2D eigenvalue weighted by molar-refractivity contribution is 5.93. The summed E-state index contributed by atoms with van der Waals surface area (Å²) in [6.07, 6.45) is 2.48. The van der Waals surface area contributed by atoms with E-state index in [2.05, 4.69) is 9.88 Å². The number of carbonyl (C=O) groups is 1. The monoisotopic (exact) mass is 367 g/mol. The van der Waals surface area contributed by atoms with E-state index in [0.717, 1.165) is 27.7 Å². The van der Waals surface area contributed by atoms with Gasteiger partial charge in [0.1, 0.15) is 11.6 Å². The summed E-state index contributed by atoms with van der Waals surface area (Å²) in [7, 11) is 0. The van der Waals surface area contributed by atoms with E-state index in [1.165, 1.54) is 12.1 Å². The molecule has 4 nitrogen and oxygen atoms in total. The maximum absolute atomic E-state index is 13.1. The van der Waals surface area contributed by atoms with Gasteiger partial charge in [0.05, 0.1) is 11.0 Å². The van der Waals surface area contributed by atoms with E-state index >= 15 is 0 Å². The molecular formula is C22H26FN3O. The van der Waals surface area contributed by atoms with Crippen molar-refractivity contribution in [3.05, 3.63) is 59.0 Å². The van der Waals surface area contributed by atoms with Crippen LogP contribution in [0.3, 0.4) is 0 Å². The number of halogens is 1. The van der Waals surface area contributed by atoms with Crippen molar-refractivity contribution in [1.82, 2.24) is 9.55 Å². The van der Waals surface area contributed by atoms with Crippen LogP contribution in [0.4, 0.5) is 10.2 Å². The minimum absolute atomic E-state index is 0.0270. The van der Waals surface area contributed by atoms with Crippen molar-refractivity contribution in [2.24, 2.45) is 5.41 Å². The Kier molecular flexibility index (Phi) is 5.05. The Balaban J connectivity index is 1.91. The number of aryl methyl sites for hydroxylation is 2. The van der Waals surface area contributed by atoms with Gasteiger partial charge in [-0.2, -0.15) is 0 Å². The van der Waals surface area contributed by atoms with Gasteiger partial charge in [-0.25, -0.2) is 9.37 Å². The van der Waals surface area contributed by atoms with Crippen molar-refractivity contribution in [2.45, 2.75) is 47.6 Å². The van der Waals surface area contributed by atoms with Crippen LogP contribution in [0, 0.1) is 25.1 Å². The summed E-state index contributed by atoms with van der Waals surface area (Å²) in [5.74, 6) is 0.348. The number of rotatable bonds is 4. The second kappa shape index (κ2) is 7.14. The summed E-state index contributed by atoms with van der Waals surface area (Å²) in [6, 6.07) is 8.57. The van der Waals surface area contributed by atoms with Gasteiger partial charge in [-0.1, -0.05) is 32.9 Å². The summed E-state index contributed by atoms with van der Waals surface area (Å²) >= 11 is 0. The van der Waals surface area contributed by atoms with Gasteiger partial charge in [-0.05, 0) is 54.2 Å². The van der Waals surface area contributed by atoms with Gasteiger partial charge >= 0.3 is 0 Å². The van der Waals surface area contributed by atoms with Crippen LogP contribution in [0.1, 0.15) is 43.9 Å². The van der Waals surface area contributed by atoms with Gasteiger partial charge in [0, 0.05) is 19.2 Å². The van der Waals surface area contributed by atoms with Gasteiger partial charge in [0.15, 0.2) is 0 Å². The van der Waals surface area contributed by atoms with Crippen molar-refractivity contribution in [3.8, 4) is 0 Å². The van der Waals surface area contributed by atoms with Crippen LogP contribution in [0.5, 0.6) is 0 Å². The number of nitrogens with one attached hydrogen (secondary N) is 1. The second-order valence-corrected chi connectivity index (χ2v) is 8.37. The zero-order valence-corrected chi connectivity index (χ0v) is 16.6. The molecule has 0 saturated carbocycles. The fourth-order valence-corrected chi connectivity index (χ4v) is 3.17. The molecule has 0 aliphatic rings. The number of anilines is 1. The normalized spacial score (nSPS) is 11.8. The molecule has 5 heteroatoms. The standard InChI is InChI=1S/C22H26FN3O/c1-14-10-18-20(25-21(14)24-19(27)11-22(3,4)5)15(2)12-26(18)13-16-6-8-17(23)9-7-16/h6-10,12H,11,13H2,1-5H3,(H,24,25,27). The van der Waals surface area contributed by atoms with Crippen molar-refractivity contribution >= 4 is 22.8 Å². The number of benzene rings is 1. The topological polar surface area (TPSA) is 46.9 Å². The molecule has 0 aliphatic heterocycles. The Labute approximate surface area is 159 Å². The van der Waals surface area contributed by atoms with Crippen molar-refractivity contribution < 1.29 is 9.18 Å². The summed E-state index contributed by atoms with van der Waals surface area (Å²) < 4.78 is 15.2. The van der Waals surface area contributed by atoms with Crippen LogP contribution in [0.2, 0.25) is 0 Å². The molecule has 2 heterocycles. The molecule has 27 heavy (non-hydrogen) atoms. The maximum Gasteiger partial charge on any atom is 0.226 e. The molecule has 0 fully saturated rings. The number of amides is 1. The largest absolute Gasteiger partial charge is 0.341 e. The number of hydrogen-bond donors (Lipinski definition) is 1. The number of nitrogens with zero attached hydrogens (tertiary/aromatic N) is 2. The highest BCUT2D eigenvalue weighted by Crippen LogP contribution is 2.26. The fraction of sp³-hybridized carbons (Fsp3) is 0.364. The lowest BCUT2D eigenvalue weighted by Gasteiger charge is -2.17. The molecule has 1 amide bonds.